The molecule has 1 unspecified atom stereocenters. The Morgan fingerprint density at radius 2 is 2.20 bits per heavy atom. The Labute approximate surface area is 94.4 Å². The number of halogens is 2. The first-order chi connectivity index (χ1) is 7.18. The molecule has 0 aliphatic heterocycles. The van der Waals surface area contributed by atoms with Crippen molar-refractivity contribution < 1.29 is 4.39 Å². The van der Waals surface area contributed by atoms with Gasteiger partial charge in [-0.3, -0.25) is 0 Å². The second kappa shape index (κ2) is 4.50. The molecule has 0 bridgehead atoms. The molecule has 0 amide bonds. The summed E-state index contributed by atoms with van der Waals surface area (Å²) in [5.74, 6) is 0.384. The third-order valence-corrected chi connectivity index (χ3v) is 3.30. The molecule has 2 rings (SSSR count). The van der Waals surface area contributed by atoms with Crippen LogP contribution in [0.4, 0.5) is 4.39 Å². The van der Waals surface area contributed by atoms with E-state index in [1.54, 1.807) is 18.2 Å². The lowest BCUT2D eigenvalue weighted by molar-refractivity contribution is 0.536. The van der Waals surface area contributed by atoms with E-state index in [0.717, 1.165) is 6.42 Å². The normalized spacial score (nSPS) is 17.8. The minimum atomic E-state index is -0.290. The molecule has 82 valence electrons. The number of benzene rings is 1. The van der Waals surface area contributed by atoms with Gasteiger partial charge in [0, 0.05) is 6.04 Å². The van der Waals surface area contributed by atoms with Gasteiger partial charge in [0.25, 0.3) is 0 Å². The fourth-order valence-electron chi connectivity index (χ4n) is 1.82. The van der Waals surface area contributed by atoms with E-state index in [9.17, 15) is 4.39 Å². The molecular formula is C12H15ClFN. The first-order valence-corrected chi connectivity index (χ1v) is 5.74. The molecule has 1 fully saturated rings. The van der Waals surface area contributed by atoms with Gasteiger partial charge in [-0.25, -0.2) is 4.39 Å². The number of rotatable bonds is 4. The molecule has 0 radical (unpaired) electrons. The zero-order valence-electron chi connectivity index (χ0n) is 8.55. The van der Waals surface area contributed by atoms with Crippen LogP contribution in [0.3, 0.4) is 0 Å². The van der Waals surface area contributed by atoms with E-state index in [0.29, 0.717) is 17.9 Å². The zero-order chi connectivity index (χ0) is 10.8. The Kier molecular flexibility index (Phi) is 3.27. The van der Waals surface area contributed by atoms with E-state index in [-0.39, 0.29) is 16.9 Å². The first kappa shape index (κ1) is 10.9. The quantitative estimate of drug-likeness (QED) is 0.840. The average molecular weight is 228 g/mol. The van der Waals surface area contributed by atoms with Gasteiger partial charge in [-0.2, -0.15) is 0 Å². The summed E-state index contributed by atoms with van der Waals surface area (Å²) in [6.07, 6.45) is 4.00. The number of hydrogen-bond acceptors (Lipinski definition) is 1. The molecule has 3 heteroatoms. The van der Waals surface area contributed by atoms with Crippen molar-refractivity contribution >= 4 is 11.6 Å². The molecule has 1 atom stereocenters. The van der Waals surface area contributed by atoms with Crippen LogP contribution in [0.15, 0.2) is 18.2 Å². The molecule has 1 aromatic rings. The molecule has 0 saturated heterocycles. The maximum atomic E-state index is 13.5. The number of aryl methyl sites for hydroxylation is 1. The highest BCUT2D eigenvalue weighted by Gasteiger charge is 2.28. The molecule has 1 aliphatic rings. The highest BCUT2D eigenvalue weighted by Crippen LogP contribution is 2.33. The molecule has 1 saturated carbocycles. The van der Waals surface area contributed by atoms with Crippen molar-refractivity contribution in [3.05, 3.63) is 34.6 Å². The van der Waals surface area contributed by atoms with Gasteiger partial charge in [0.05, 0.1) is 5.02 Å². The number of hydrogen-bond donors (Lipinski definition) is 1. The molecule has 0 spiro atoms. The highest BCUT2D eigenvalue weighted by molar-refractivity contribution is 6.30. The predicted octanol–water partition coefficient (Wildman–Crippen LogP) is 3.15. The molecule has 0 aromatic heterocycles. The summed E-state index contributed by atoms with van der Waals surface area (Å²) in [6, 6.07) is 5.36. The first-order valence-electron chi connectivity index (χ1n) is 5.37. The topological polar surface area (TPSA) is 26.0 Å². The van der Waals surface area contributed by atoms with Gasteiger partial charge in [-0.1, -0.05) is 23.7 Å². The SMILES string of the molecule is NC(CCc1cccc(Cl)c1F)C1CC1. The molecule has 15 heavy (non-hydrogen) atoms. The Balaban J connectivity index is 1.95. The lowest BCUT2D eigenvalue weighted by Crippen LogP contribution is -2.23. The van der Waals surface area contributed by atoms with Crippen molar-refractivity contribution in [1.29, 1.82) is 0 Å². The van der Waals surface area contributed by atoms with E-state index >= 15 is 0 Å². The van der Waals surface area contributed by atoms with Crippen LogP contribution in [0.5, 0.6) is 0 Å². The summed E-state index contributed by atoms with van der Waals surface area (Å²) in [7, 11) is 0. The Hall–Kier alpha value is -0.600. The fraction of sp³-hybridized carbons (Fsp3) is 0.500. The minimum Gasteiger partial charge on any atom is -0.327 e. The highest BCUT2D eigenvalue weighted by atomic mass is 35.5. The van der Waals surface area contributed by atoms with E-state index in [4.69, 9.17) is 17.3 Å². The van der Waals surface area contributed by atoms with Crippen LogP contribution < -0.4 is 5.73 Å². The third kappa shape index (κ3) is 2.70. The minimum absolute atomic E-state index is 0.201. The molecular weight excluding hydrogens is 213 g/mol. The van der Waals surface area contributed by atoms with Gasteiger partial charge < -0.3 is 5.73 Å². The zero-order valence-corrected chi connectivity index (χ0v) is 9.30. The summed E-state index contributed by atoms with van der Waals surface area (Å²) < 4.78 is 13.5. The van der Waals surface area contributed by atoms with Gasteiger partial charge in [0.1, 0.15) is 5.82 Å². The Morgan fingerprint density at radius 3 is 2.87 bits per heavy atom. The van der Waals surface area contributed by atoms with Crippen LogP contribution in [0, 0.1) is 11.7 Å². The van der Waals surface area contributed by atoms with Crippen LogP contribution in [0.2, 0.25) is 5.02 Å². The van der Waals surface area contributed by atoms with Gasteiger partial charge >= 0.3 is 0 Å². The van der Waals surface area contributed by atoms with Crippen molar-refractivity contribution in [2.45, 2.75) is 31.7 Å². The standard InChI is InChI=1S/C12H15ClFN/c13-10-3-1-2-9(12(10)14)6-7-11(15)8-4-5-8/h1-3,8,11H,4-7,15H2. The second-order valence-corrected chi connectivity index (χ2v) is 4.66. The van der Waals surface area contributed by atoms with Crippen LogP contribution in [0.1, 0.15) is 24.8 Å². The van der Waals surface area contributed by atoms with Gasteiger partial charge in [0.15, 0.2) is 0 Å². The lowest BCUT2D eigenvalue weighted by Gasteiger charge is -2.10. The summed E-state index contributed by atoms with van der Waals surface area (Å²) in [4.78, 5) is 0. The maximum Gasteiger partial charge on any atom is 0.144 e. The summed E-state index contributed by atoms with van der Waals surface area (Å²) in [5.41, 5.74) is 6.64. The number of nitrogens with two attached hydrogens (primary N) is 1. The van der Waals surface area contributed by atoms with E-state index in [1.807, 2.05) is 0 Å². The van der Waals surface area contributed by atoms with Crippen LogP contribution in [-0.2, 0) is 6.42 Å². The van der Waals surface area contributed by atoms with E-state index in [2.05, 4.69) is 0 Å². The van der Waals surface area contributed by atoms with Crippen LogP contribution in [-0.4, -0.2) is 6.04 Å². The predicted molar refractivity (Wildman–Crippen MR) is 60.4 cm³/mol. The lowest BCUT2D eigenvalue weighted by atomic mass is 10.0. The van der Waals surface area contributed by atoms with Gasteiger partial charge in [-0.15, -0.1) is 0 Å². The van der Waals surface area contributed by atoms with Crippen molar-refractivity contribution in [2.24, 2.45) is 11.7 Å². The second-order valence-electron chi connectivity index (χ2n) is 4.25. The van der Waals surface area contributed by atoms with Crippen molar-refractivity contribution in [2.75, 3.05) is 0 Å². The van der Waals surface area contributed by atoms with E-state index < -0.39 is 0 Å². The third-order valence-electron chi connectivity index (χ3n) is 3.01. The Morgan fingerprint density at radius 1 is 1.47 bits per heavy atom. The van der Waals surface area contributed by atoms with Crippen LogP contribution in [0.25, 0.3) is 0 Å². The largest absolute Gasteiger partial charge is 0.327 e. The maximum absolute atomic E-state index is 13.5. The van der Waals surface area contributed by atoms with Crippen LogP contribution >= 0.6 is 11.6 Å². The fourth-order valence-corrected chi connectivity index (χ4v) is 2.02. The average Bonchev–Trinajstić information content (AvgIpc) is 3.03. The van der Waals surface area contributed by atoms with Crippen molar-refractivity contribution in [3.63, 3.8) is 0 Å². The molecule has 1 aromatic carbocycles. The summed E-state index contributed by atoms with van der Waals surface area (Å²) >= 11 is 5.70. The summed E-state index contributed by atoms with van der Waals surface area (Å²) in [6.45, 7) is 0. The molecule has 2 N–H and O–H groups in total. The van der Waals surface area contributed by atoms with Gasteiger partial charge in [0.2, 0.25) is 0 Å². The van der Waals surface area contributed by atoms with E-state index in [1.165, 1.54) is 12.8 Å². The Bertz CT molecular complexity index is 349. The summed E-state index contributed by atoms with van der Waals surface area (Å²) in [5, 5.41) is 0.201. The molecule has 1 aliphatic carbocycles. The molecule has 1 nitrogen and oxygen atoms in total. The van der Waals surface area contributed by atoms with Crippen molar-refractivity contribution in [1.82, 2.24) is 0 Å². The smallest absolute Gasteiger partial charge is 0.144 e. The monoisotopic (exact) mass is 227 g/mol. The van der Waals surface area contributed by atoms with Crippen molar-refractivity contribution in [3.8, 4) is 0 Å². The van der Waals surface area contributed by atoms with Gasteiger partial charge in [-0.05, 0) is 43.2 Å². The molecule has 0 heterocycles.